The Bertz CT molecular complexity index is 1330. The van der Waals surface area contributed by atoms with E-state index in [9.17, 15) is 16.8 Å². The highest BCUT2D eigenvalue weighted by molar-refractivity contribution is 7.91. The van der Waals surface area contributed by atoms with E-state index in [4.69, 9.17) is 0 Å². The predicted octanol–water partition coefficient (Wildman–Crippen LogP) is 2.89. The Balaban J connectivity index is 1.77. The Hall–Kier alpha value is -2.46. The summed E-state index contributed by atoms with van der Waals surface area (Å²) in [5.41, 5.74) is 2.13. The van der Waals surface area contributed by atoms with Gasteiger partial charge in [-0.15, -0.1) is 0 Å². The van der Waals surface area contributed by atoms with Crippen LogP contribution in [0.2, 0.25) is 0 Å². The summed E-state index contributed by atoms with van der Waals surface area (Å²) in [7, 11) is -6.69. The molecule has 8 nitrogen and oxygen atoms in total. The molecular weight excluding hydrogens is 424 g/mol. The standard InChI is InChI=1S/C20H24N4O4S2/c1-12(2)18(14-7-6-13-5-4-8-30(27,28)16(13)9-14)24-20-15-10-17(29(3,25)26)23-19(15)21-11-22-20/h6-7,9-12,18H,4-5,8H2,1-3H3,(H2,21,22,23,24)/t18-/m1/s1. The number of nitrogens with zero attached hydrogens (tertiary/aromatic N) is 2. The van der Waals surface area contributed by atoms with Crippen molar-refractivity contribution < 1.29 is 16.8 Å². The zero-order valence-corrected chi connectivity index (χ0v) is 18.6. The summed E-state index contributed by atoms with van der Waals surface area (Å²) >= 11 is 0. The summed E-state index contributed by atoms with van der Waals surface area (Å²) in [6, 6.07) is 6.91. The molecule has 0 saturated heterocycles. The van der Waals surface area contributed by atoms with Crippen molar-refractivity contribution in [2.45, 2.75) is 42.7 Å². The first-order valence-corrected chi connectivity index (χ1v) is 13.3. The first-order chi connectivity index (χ1) is 14.1. The van der Waals surface area contributed by atoms with Crippen molar-refractivity contribution in [3.05, 3.63) is 41.7 Å². The predicted molar refractivity (Wildman–Crippen MR) is 115 cm³/mol. The fraction of sp³-hybridized carbons (Fsp3) is 0.400. The molecule has 10 heteroatoms. The fourth-order valence-electron chi connectivity index (χ4n) is 3.84. The average molecular weight is 449 g/mol. The monoisotopic (exact) mass is 448 g/mol. The second kappa shape index (κ2) is 7.35. The minimum atomic E-state index is -3.42. The van der Waals surface area contributed by atoms with E-state index >= 15 is 0 Å². The molecule has 0 amide bonds. The number of hydrogen-bond acceptors (Lipinski definition) is 7. The van der Waals surface area contributed by atoms with Crippen LogP contribution in [0.5, 0.6) is 0 Å². The lowest BCUT2D eigenvalue weighted by Gasteiger charge is -2.26. The highest BCUT2D eigenvalue weighted by Crippen LogP contribution is 2.33. The minimum absolute atomic E-state index is 0.0713. The van der Waals surface area contributed by atoms with Gasteiger partial charge in [0.25, 0.3) is 0 Å². The second-order valence-corrected chi connectivity index (χ2v) is 12.1. The normalized spacial score (nSPS) is 17.1. The van der Waals surface area contributed by atoms with Crippen LogP contribution >= 0.6 is 0 Å². The molecule has 0 saturated carbocycles. The SMILES string of the molecule is CC(C)[C@@H](Nc1ncnc2[nH]c(S(C)(=O)=O)cc12)c1ccc2c(c1)S(=O)(=O)CCC2. The lowest BCUT2D eigenvalue weighted by atomic mass is 9.94. The second-order valence-electron chi connectivity index (χ2n) is 8.05. The molecule has 0 radical (unpaired) electrons. The molecule has 0 bridgehead atoms. The van der Waals surface area contributed by atoms with Gasteiger partial charge in [0.1, 0.15) is 22.8 Å². The first-order valence-electron chi connectivity index (χ1n) is 9.72. The lowest BCUT2D eigenvalue weighted by molar-refractivity contribution is 0.542. The molecule has 0 spiro atoms. The van der Waals surface area contributed by atoms with E-state index in [0.29, 0.717) is 28.2 Å². The molecular formula is C20H24N4O4S2. The van der Waals surface area contributed by atoms with Crippen molar-refractivity contribution >= 4 is 36.5 Å². The van der Waals surface area contributed by atoms with Crippen LogP contribution in [0.3, 0.4) is 0 Å². The summed E-state index contributed by atoms with van der Waals surface area (Å²) in [6.45, 7) is 4.06. The molecule has 0 aliphatic carbocycles. The van der Waals surface area contributed by atoms with Crippen LogP contribution in [0.25, 0.3) is 11.0 Å². The molecule has 30 heavy (non-hydrogen) atoms. The zero-order valence-electron chi connectivity index (χ0n) is 17.0. The Morgan fingerprint density at radius 3 is 2.63 bits per heavy atom. The molecule has 1 aromatic carbocycles. The molecule has 3 aromatic rings. The van der Waals surface area contributed by atoms with Crippen LogP contribution < -0.4 is 5.32 Å². The molecule has 160 valence electrons. The third-order valence-corrected chi connectivity index (χ3v) is 8.30. The summed E-state index contributed by atoms with van der Waals surface area (Å²) in [5.74, 6) is 0.783. The van der Waals surface area contributed by atoms with Gasteiger partial charge < -0.3 is 10.3 Å². The van der Waals surface area contributed by atoms with E-state index in [1.165, 1.54) is 12.4 Å². The highest BCUT2D eigenvalue weighted by atomic mass is 32.2. The van der Waals surface area contributed by atoms with Gasteiger partial charge in [-0.3, -0.25) is 0 Å². The number of sulfone groups is 2. The van der Waals surface area contributed by atoms with Crippen molar-refractivity contribution in [2.75, 3.05) is 17.3 Å². The molecule has 2 aromatic heterocycles. The molecule has 0 unspecified atom stereocenters. The van der Waals surface area contributed by atoms with Crippen molar-refractivity contribution in [1.29, 1.82) is 0 Å². The van der Waals surface area contributed by atoms with Gasteiger partial charge in [-0.25, -0.2) is 26.8 Å². The summed E-state index contributed by atoms with van der Waals surface area (Å²) in [6.07, 6.45) is 3.90. The van der Waals surface area contributed by atoms with Crippen LogP contribution in [0.15, 0.2) is 40.5 Å². The van der Waals surface area contributed by atoms with Gasteiger partial charge in [0, 0.05) is 6.26 Å². The molecule has 1 aliphatic heterocycles. The number of aryl methyl sites for hydroxylation is 1. The van der Waals surface area contributed by atoms with E-state index in [1.54, 1.807) is 6.07 Å². The Morgan fingerprint density at radius 2 is 1.93 bits per heavy atom. The summed E-state index contributed by atoms with van der Waals surface area (Å²) in [5, 5.41) is 4.01. The van der Waals surface area contributed by atoms with Crippen molar-refractivity contribution in [2.24, 2.45) is 5.92 Å². The third-order valence-electron chi connectivity index (χ3n) is 5.40. The van der Waals surface area contributed by atoms with Gasteiger partial charge >= 0.3 is 0 Å². The Labute approximate surface area is 176 Å². The third kappa shape index (κ3) is 3.81. The maximum Gasteiger partial charge on any atom is 0.190 e. The fourth-order valence-corrected chi connectivity index (χ4v) is 6.08. The quantitative estimate of drug-likeness (QED) is 0.615. The van der Waals surface area contributed by atoms with Gasteiger partial charge in [0.15, 0.2) is 19.7 Å². The van der Waals surface area contributed by atoms with Crippen LogP contribution in [-0.4, -0.2) is 43.8 Å². The topological polar surface area (TPSA) is 122 Å². The number of nitrogens with one attached hydrogen (secondary N) is 2. The largest absolute Gasteiger partial charge is 0.362 e. The number of benzene rings is 1. The van der Waals surface area contributed by atoms with Gasteiger partial charge in [0.05, 0.1) is 22.1 Å². The molecule has 4 rings (SSSR count). The smallest absolute Gasteiger partial charge is 0.190 e. The van der Waals surface area contributed by atoms with E-state index in [2.05, 4.69) is 20.3 Å². The lowest BCUT2D eigenvalue weighted by Crippen LogP contribution is -2.20. The number of H-pyrrole nitrogens is 1. The minimum Gasteiger partial charge on any atom is -0.362 e. The maximum absolute atomic E-state index is 12.5. The zero-order chi connectivity index (χ0) is 21.7. The number of rotatable bonds is 5. The number of hydrogen-bond donors (Lipinski definition) is 2. The number of aromatic nitrogens is 3. The molecule has 3 heterocycles. The van der Waals surface area contributed by atoms with E-state index in [1.807, 2.05) is 26.0 Å². The number of aromatic amines is 1. The summed E-state index contributed by atoms with van der Waals surface area (Å²) < 4.78 is 48.9. The van der Waals surface area contributed by atoms with Crippen molar-refractivity contribution in [1.82, 2.24) is 15.0 Å². The molecule has 1 aliphatic rings. The van der Waals surface area contributed by atoms with E-state index in [-0.39, 0.29) is 22.7 Å². The first kappa shape index (κ1) is 20.8. The van der Waals surface area contributed by atoms with E-state index < -0.39 is 19.7 Å². The van der Waals surface area contributed by atoms with Crippen LogP contribution in [-0.2, 0) is 26.1 Å². The van der Waals surface area contributed by atoms with E-state index in [0.717, 1.165) is 23.8 Å². The van der Waals surface area contributed by atoms with Crippen molar-refractivity contribution in [3.8, 4) is 0 Å². The van der Waals surface area contributed by atoms with Crippen LogP contribution in [0.4, 0.5) is 5.82 Å². The van der Waals surface area contributed by atoms with Crippen LogP contribution in [0.1, 0.15) is 37.4 Å². The maximum atomic E-state index is 12.5. The van der Waals surface area contributed by atoms with Crippen molar-refractivity contribution in [3.63, 3.8) is 0 Å². The van der Waals surface area contributed by atoms with Gasteiger partial charge in [-0.1, -0.05) is 26.0 Å². The number of anilines is 1. The highest BCUT2D eigenvalue weighted by Gasteiger charge is 2.26. The van der Waals surface area contributed by atoms with Gasteiger partial charge in [-0.2, -0.15) is 0 Å². The Kier molecular flexibility index (Phi) is 5.09. The molecule has 1 atom stereocenters. The van der Waals surface area contributed by atoms with Gasteiger partial charge in [-0.05, 0) is 42.0 Å². The Morgan fingerprint density at radius 1 is 1.17 bits per heavy atom. The summed E-state index contributed by atoms with van der Waals surface area (Å²) in [4.78, 5) is 11.7. The average Bonchev–Trinajstić information content (AvgIpc) is 3.11. The van der Waals surface area contributed by atoms with Crippen LogP contribution in [0, 0.1) is 5.92 Å². The molecule has 0 fully saturated rings. The molecule has 2 N–H and O–H groups in total. The number of fused-ring (bicyclic) bond motifs is 2. The van der Waals surface area contributed by atoms with Gasteiger partial charge in [0.2, 0.25) is 0 Å².